The Bertz CT molecular complexity index is 600. The van der Waals surface area contributed by atoms with Crippen LogP contribution in [0.25, 0.3) is 0 Å². The van der Waals surface area contributed by atoms with Gasteiger partial charge in [0.1, 0.15) is 11.0 Å². The summed E-state index contributed by atoms with van der Waals surface area (Å²) in [7, 11) is 0. The highest BCUT2D eigenvalue weighted by molar-refractivity contribution is 6.33. The first-order valence-electron chi connectivity index (χ1n) is 5.12. The fraction of sp³-hybridized carbons (Fsp3) is 0.0833. The number of hydrogen-bond donors (Lipinski definition) is 1. The molecule has 1 N–H and O–H groups in total. The topological polar surface area (TPSA) is 24.9 Å². The van der Waals surface area contributed by atoms with Crippen molar-refractivity contribution in [1.29, 1.82) is 0 Å². The quantitative estimate of drug-likeness (QED) is 0.776. The van der Waals surface area contributed by atoms with Gasteiger partial charge in [-0.15, -0.1) is 0 Å². The Morgan fingerprint density at radius 3 is 2.37 bits per heavy atom. The maximum atomic E-state index is 12.6. The molecule has 19 heavy (non-hydrogen) atoms. The second kappa shape index (κ2) is 5.27. The molecule has 0 bridgehead atoms. The molecule has 1 aromatic carbocycles. The van der Waals surface area contributed by atoms with E-state index in [9.17, 15) is 13.2 Å². The second-order valence-electron chi connectivity index (χ2n) is 3.67. The number of alkyl halides is 3. The molecule has 0 unspecified atom stereocenters. The maximum absolute atomic E-state index is 12.6. The van der Waals surface area contributed by atoms with E-state index < -0.39 is 11.7 Å². The van der Waals surface area contributed by atoms with Crippen LogP contribution in [0.5, 0.6) is 0 Å². The van der Waals surface area contributed by atoms with Gasteiger partial charge in [0.25, 0.3) is 0 Å². The third kappa shape index (κ3) is 3.52. The van der Waals surface area contributed by atoms with Gasteiger partial charge in [-0.2, -0.15) is 13.2 Å². The van der Waals surface area contributed by atoms with E-state index in [1.54, 1.807) is 24.3 Å². The van der Waals surface area contributed by atoms with Crippen molar-refractivity contribution in [1.82, 2.24) is 4.98 Å². The molecule has 0 saturated carbocycles. The van der Waals surface area contributed by atoms with E-state index in [4.69, 9.17) is 23.2 Å². The number of nitrogens with one attached hydrogen (secondary N) is 1. The van der Waals surface area contributed by atoms with Gasteiger partial charge in [-0.25, -0.2) is 4.98 Å². The van der Waals surface area contributed by atoms with Crippen molar-refractivity contribution in [3.63, 3.8) is 0 Å². The van der Waals surface area contributed by atoms with Gasteiger partial charge in [-0.05, 0) is 24.3 Å². The molecule has 2 nitrogen and oxygen atoms in total. The predicted molar refractivity (Wildman–Crippen MR) is 69.0 cm³/mol. The number of benzene rings is 1. The minimum Gasteiger partial charge on any atom is -0.339 e. The van der Waals surface area contributed by atoms with Gasteiger partial charge in [0.15, 0.2) is 0 Å². The molecule has 0 amide bonds. The normalized spacial score (nSPS) is 11.4. The number of para-hydroxylation sites is 1. The lowest BCUT2D eigenvalue weighted by Crippen LogP contribution is -2.06. The van der Waals surface area contributed by atoms with Crippen LogP contribution in [0, 0.1) is 0 Å². The Kier molecular flexibility index (Phi) is 3.87. The van der Waals surface area contributed by atoms with Crippen molar-refractivity contribution in [3.05, 3.63) is 52.1 Å². The molecular formula is C12H7Cl2F3N2. The van der Waals surface area contributed by atoms with Crippen LogP contribution in [0.3, 0.4) is 0 Å². The standard InChI is InChI=1S/C12H7Cl2F3N2/c13-8-3-1-2-4-9(8)18-11-6-7(12(15,16)17)5-10(14)19-11/h1-6H,(H,18,19). The summed E-state index contributed by atoms with van der Waals surface area (Å²) in [5, 5.41) is 2.83. The lowest BCUT2D eigenvalue weighted by molar-refractivity contribution is -0.137. The van der Waals surface area contributed by atoms with Crippen molar-refractivity contribution in [2.24, 2.45) is 0 Å². The zero-order valence-electron chi connectivity index (χ0n) is 9.30. The molecule has 2 rings (SSSR count). The third-order valence-electron chi connectivity index (χ3n) is 2.26. The number of anilines is 2. The summed E-state index contributed by atoms with van der Waals surface area (Å²) in [6, 6.07) is 8.27. The van der Waals surface area contributed by atoms with Crippen molar-refractivity contribution in [2.75, 3.05) is 5.32 Å². The molecule has 0 aliphatic carbocycles. The molecule has 1 aromatic heterocycles. The Hall–Kier alpha value is -1.46. The molecular weight excluding hydrogens is 300 g/mol. The van der Waals surface area contributed by atoms with Crippen LogP contribution in [-0.4, -0.2) is 4.98 Å². The summed E-state index contributed by atoms with van der Waals surface area (Å²) >= 11 is 11.5. The lowest BCUT2D eigenvalue weighted by atomic mass is 10.2. The molecule has 2 aromatic rings. The van der Waals surface area contributed by atoms with E-state index in [2.05, 4.69) is 10.3 Å². The van der Waals surface area contributed by atoms with E-state index in [1.807, 2.05) is 0 Å². The van der Waals surface area contributed by atoms with Crippen molar-refractivity contribution in [2.45, 2.75) is 6.18 Å². The molecule has 100 valence electrons. The van der Waals surface area contributed by atoms with Crippen LogP contribution < -0.4 is 5.32 Å². The zero-order valence-corrected chi connectivity index (χ0v) is 10.8. The molecule has 0 saturated heterocycles. The number of pyridine rings is 1. The summed E-state index contributed by atoms with van der Waals surface area (Å²) in [5.41, 5.74) is -0.422. The average molecular weight is 307 g/mol. The van der Waals surface area contributed by atoms with E-state index in [0.29, 0.717) is 10.7 Å². The number of aromatic nitrogens is 1. The van der Waals surface area contributed by atoms with Crippen LogP contribution in [0.4, 0.5) is 24.7 Å². The minimum atomic E-state index is -4.48. The summed E-state index contributed by atoms with van der Waals surface area (Å²) in [6.07, 6.45) is -4.48. The summed E-state index contributed by atoms with van der Waals surface area (Å²) in [4.78, 5) is 3.78. The summed E-state index contributed by atoms with van der Waals surface area (Å²) in [5.74, 6) is -0.0204. The molecule has 0 atom stereocenters. The fourth-order valence-corrected chi connectivity index (χ4v) is 1.82. The number of halogens is 5. The predicted octanol–water partition coefficient (Wildman–Crippen LogP) is 5.15. The summed E-state index contributed by atoms with van der Waals surface area (Å²) < 4.78 is 37.9. The number of nitrogens with zero attached hydrogens (tertiary/aromatic N) is 1. The van der Waals surface area contributed by atoms with E-state index >= 15 is 0 Å². The maximum Gasteiger partial charge on any atom is 0.416 e. The monoisotopic (exact) mass is 306 g/mol. The van der Waals surface area contributed by atoms with Crippen LogP contribution >= 0.6 is 23.2 Å². The first-order valence-corrected chi connectivity index (χ1v) is 5.88. The first kappa shape index (κ1) is 14.0. The fourth-order valence-electron chi connectivity index (χ4n) is 1.43. The van der Waals surface area contributed by atoms with Crippen LogP contribution in [0.1, 0.15) is 5.56 Å². The van der Waals surface area contributed by atoms with Gasteiger partial charge in [-0.1, -0.05) is 35.3 Å². The van der Waals surface area contributed by atoms with E-state index in [1.165, 1.54) is 0 Å². The molecule has 0 aliphatic heterocycles. The summed E-state index contributed by atoms with van der Waals surface area (Å²) in [6.45, 7) is 0. The molecule has 7 heteroatoms. The van der Waals surface area contributed by atoms with Crippen molar-refractivity contribution < 1.29 is 13.2 Å². The van der Waals surface area contributed by atoms with Gasteiger partial charge < -0.3 is 5.32 Å². The Balaban J connectivity index is 2.36. The lowest BCUT2D eigenvalue weighted by Gasteiger charge is -2.11. The SMILES string of the molecule is FC(F)(F)c1cc(Cl)nc(Nc2ccccc2Cl)c1. The molecule has 0 spiro atoms. The van der Waals surface area contributed by atoms with Crippen molar-refractivity contribution >= 4 is 34.7 Å². The molecule has 1 heterocycles. The molecule has 0 aliphatic rings. The van der Waals surface area contributed by atoms with Crippen LogP contribution in [0.15, 0.2) is 36.4 Å². The zero-order chi connectivity index (χ0) is 14.0. The van der Waals surface area contributed by atoms with Crippen LogP contribution in [0.2, 0.25) is 10.2 Å². The third-order valence-corrected chi connectivity index (χ3v) is 2.78. The van der Waals surface area contributed by atoms with Gasteiger partial charge in [0.05, 0.1) is 16.3 Å². The highest BCUT2D eigenvalue weighted by Crippen LogP contribution is 2.33. The first-order chi connectivity index (χ1) is 8.86. The van der Waals surface area contributed by atoms with E-state index in [0.717, 1.165) is 12.1 Å². The van der Waals surface area contributed by atoms with Gasteiger partial charge in [0, 0.05) is 0 Å². The number of hydrogen-bond acceptors (Lipinski definition) is 2. The molecule has 0 radical (unpaired) electrons. The Morgan fingerprint density at radius 2 is 1.74 bits per heavy atom. The highest BCUT2D eigenvalue weighted by Gasteiger charge is 2.31. The van der Waals surface area contributed by atoms with Gasteiger partial charge in [0.2, 0.25) is 0 Å². The minimum absolute atomic E-state index is 0.0204. The van der Waals surface area contributed by atoms with Crippen LogP contribution in [-0.2, 0) is 6.18 Å². The van der Waals surface area contributed by atoms with E-state index in [-0.39, 0.29) is 11.0 Å². The van der Waals surface area contributed by atoms with Gasteiger partial charge in [-0.3, -0.25) is 0 Å². The molecule has 0 fully saturated rings. The smallest absolute Gasteiger partial charge is 0.339 e. The highest BCUT2D eigenvalue weighted by atomic mass is 35.5. The Morgan fingerprint density at radius 1 is 1.05 bits per heavy atom. The Labute approximate surface area is 117 Å². The average Bonchev–Trinajstić information content (AvgIpc) is 2.30. The van der Waals surface area contributed by atoms with Gasteiger partial charge >= 0.3 is 6.18 Å². The second-order valence-corrected chi connectivity index (χ2v) is 4.46. The number of rotatable bonds is 2. The van der Waals surface area contributed by atoms with Crippen molar-refractivity contribution in [3.8, 4) is 0 Å². The largest absolute Gasteiger partial charge is 0.416 e.